The van der Waals surface area contributed by atoms with E-state index in [0.717, 1.165) is 0 Å². The van der Waals surface area contributed by atoms with Crippen LogP contribution >= 0.6 is 0 Å². The van der Waals surface area contributed by atoms with Crippen molar-refractivity contribution in [3.63, 3.8) is 0 Å². The summed E-state index contributed by atoms with van der Waals surface area (Å²) in [5.41, 5.74) is 10.8. The fourth-order valence-electron chi connectivity index (χ4n) is 2.46. The molecule has 0 spiro atoms. The van der Waals surface area contributed by atoms with Gasteiger partial charge in [0.2, 0.25) is 5.91 Å². The van der Waals surface area contributed by atoms with Crippen LogP contribution < -0.4 is 11.1 Å². The second kappa shape index (κ2) is 6.71. The molecular formula is C16H26N2O. The minimum Gasteiger partial charge on any atom is -0.354 e. The smallest absolute Gasteiger partial charge is 0.224 e. The van der Waals surface area contributed by atoms with Gasteiger partial charge in [0.1, 0.15) is 0 Å². The van der Waals surface area contributed by atoms with E-state index in [4.69, 9.17) is 5.73 Å². The zero-order valence-corrected chi connectivity index (χ0v) is 12.7. The molecule has 0 aliphatic heterocycles. The van der Waals surface area contributed by atoms with Gasteiger partial charge in [-0.3, -0.25) is 4.79 Å². The van der Waals surface area contributed by atoms with Crippen LogP contribution in [0.25, 0.3) is 0 Å². The van der Waals surface area contributed by atoms with Gasteiger partial charge in [-0.2, -0.15) is 0 Å². The molecule has 1 aromatic rings. The Bertz CT molecular complexity index is 429. The van der Waals surface area contributed by atoms with Crippen LogP contribution in [-0.4, -0.2) is 18.5 Å². The standard InChI is InChI=1S/C16H26N2O/c1-10(2)18-16(19)14(9-17)8-15-12(4)6-11(3)7-13(15)5/h6-7,10,14H,8-9,17H2,1-5H3,(H,18,19). The van der Waals surface area contributed by atoms with E-state index in [1.165, 1.54) is 22.3 Å². The Morgan fingerprint density at radius 1 is 1.21 bits per heavy atom. The molecule has 19 heavy (non-hydrogen) atoms. The Labute approximate surface area is 116 Å². The molecule has 0 aliphatic rings. The van der Waals surface area contributed by atoms with E-state index < -0.39 is 0 Å². The highest BCUT2D eigenvalue weighted by atomic mass is 16.1. The Hall–Kier alpha value is -1.35. The first-order valence-corrected chi connectivity index (χ1v) is 6.92. The Kier molecular flexibility index (Phi) is 5.55. The number of carbonyl (C=O) groups excluding carboxylic acids is 1. The maximum atomic E-state index is 12.1. The van der Waals surface area contributed by atoms with Crippen LogP contribution in [0, 0.1) is 26.7 Å². The van der Waals surface area contributed by atoms with E-state index >= 15 is 0 Å². The molecule has 3 nitrogen and oxygen atoms in total. The van der Waals surface area contributed by atoms with Gasteiger partial charge in [-0.25, -0.2) is 0 Å². The van der Waals surface area contributed by atoms with Crippen molar-refractivity contribution in [2.24, 2.45) is 11.7 Å². The summed E-state index contributed by atoms with van der Waals surface area (Å²) in [5.74, 6) is -0.0978. The van der Waals surface area contributed by atoms with E-state index in [2.05, 4.69) is 38.2 Å². The minimum absolute atomic E-state index is 0.0527. The fourth-order valence-corrected chi connectivity index (χ4v) is 2.46. The van der Waals surface area contributed by atoms with Crippen molar-refractivity contribution in [2.45, 2.75) is 47.1 Å². The summed E-state index contributed by atoms with van der Waals surface area (Å²) in [5, 5.41) is 2.95. The molecule has 0 fully saturated rings. The third kappa shape index (κ3) is 4.35. The summed E-state index contributed by atoms with van der Waals surface area (Å²) in [4.78, 5) is 12.1. The first kappa shape index (κ1) is 15.7. The fraction of sp³-hybridized carbons (Fsp3) is 0.562. The minimum atomic E-state index is -0.150. The Balaban J connectivity index is 2.90. The first-order valence-electron chi connectivity index (χ1n) is 6.92. The zero-order valence-electron chi connectivity index (χ0n) is 12.7. The predicted molar refractivity (Wildman–Crippen MR) is 80.2 cm³/mol. The highest BCUT2D eigenvalue weighted by molar-refractivity contribution is 5.79. The Morgan fingerprint density at radius 3 is 2.16 bits per heavy atom. The lowest BCUT2D eigenvalue weighted by Gasteiger charge is -2.19. The third-order valence-electron chi connectivity index (χ3n) is 3.38. The number of amides is 1. The summed E-state index contributed by atoms with van der Waals surface area (Å²) >= 11 is 0. The predicted octanol–water partition coefficient (Wildman–Crippen LogP) is 2.25. The molecule has 0 aliphatic carbocycles. The number of hydrogen-bond donors (Lipinski definition) is 2. The topological polar surface area (TPSA) is 55.1 Å². The molecule has 0 radical (unpaired) electrons. The molecule has 1 unspecified atom stereocenters. The van der Waals surface area contributed by atoms with Crippen molar-refractivity contribution in [1.29, 1.82) is 0 Å². The van der Waals surface area contributed by atoms with Crippen LogP contribution in [0.3, 0.4) is 0 Å². The molecule has 0 aromatic heterocycles. The highest BCUT2D eigenvalue weighted by Crippen LogP contribution is 2.20. The molecule has 3 heteroatoms. The highest BCUT2D eigenvalue weighted by Gasteiger charge is 2.19. The van der Waals surface area contributed by atoms with Gasteiger partial charge >= 0.3 is 0 Å². The van der Waals surface area contributed by atoms with Crippen LogP contribution in [0.5, 0.6) is 0 Å². The largest absolute Gasteiger partial charge is 0.354 e. The van der Waals surface area contributed by atoms with E-state index in [1.807, 2.05) is 13.8 Å². The van der Waals surface area contributed by atoms with Gasteiger partial charge in [0.05, 0.1) is 5.92 Å². The zero-order chi connectivity index (χ0) is 14.6. The molecule has 1 rings (SSSR count). The molecule has 0 bridgehead atoms. The van der Waals surface area contributed by atoms with Crippen LogP contribution in [0.15, 0.2) is 12.1 Å². The quantitative estimate of drug-likeness (QED) is 0.855. The van der Waals surface area contributed by atoms with Gasteiger partial charge in [-0.1, -0.05) is 17.7 Å². The first-order chi connectivity index (χ1) is 8.85. The summed E-state index contributed by atoms with van der Waals surface area (Å²) < 4.78 is 0. The van der Waals surface area contributed by atoms with Gasteiger partial charge < -0.3 is 11.1 Å². The van der Waals surface area contributed by atoms with Crippen molar-refractivity contribution in [1.82, 2.24) is 5.32 Å². The van der Waals surface area contributed by atoms with Crippen LogP contribution in [-0.2, 0) is 11.2 Å². The lowest BCUT2D eigenvalue weighted by molar-refractivity contribution is -0.125. The number of nitrogens with two attached hydrogens (primary N) is 1. The molecule has 106 valence electrons. The molecule has 0 heterocycles. The molecular weight excluding hydrogens is 236 g/mol. The van der Waals surface area contributed by atoms with Gasteiger partial charge in [0, 0.05) is 12.6 Å². The second-order valence-electron chi connectivity index (χ2n) is 5.68. The summed E-state index contributed by atoms with van der Waals surface area (Å²) in [6, 6.07) is 4.48. The van der Waals surface area contributed by atoms with Gasteiger partial charge in [-0.05, 0) is 57.7 Å². The number of hydrogen-bond acceptors (Lipinski definition) is 2. The summed E-state index contributed by atoms with van der Waals surface area (Å²) in [6.45, 7) is 10.6. The van der Waals surface area contributed by atoms with Crippen molar-refractivity contribution in [3.05, 3.63) is 34.4 Å². The van der Waals surface area contributed by atoms with Gasteiger partial charge in [-0.15, -0.1) is 0 Å². The van der Waals surface area contributed by atoms with Crippen LogP contribution in [0.2, 0.25) is 0 Å². The monoisotopic (exact) mass is 262 g/mol. The average molecular weight is 262 g/mol. The van der Waals surface area contributed by atoms with Crippen LogP contribution in [0.4, 0.5) is 0 Å². The molecule has 0 saturated carbocycles. The third-order valence-corrected chi connectivity index (χ3v) is 3.38. The van der Waals surface area contributed by atoms with Crippen molar-refractivity contribution < 1.29 is 4.79 Å². The van der Waals surface area contributed by atoms with Crippen molar-refractivity contribution >= 4 is 5.91 Å². The molecule has 1 atom stereocenters. The molecule has 1 amide bonds. The summed E-state index contributed by atoms with van der Waals surface area (Å²) in [6.07, 6.45) is 0.715. The molecule has 1 aromatic carbocycles. The maximum absolute atomic E-state index is 12.1. The van der Waals surface area contributed by atoms with Crippen molar-refractivity contribution in [2.75, 3.05) is 6.54 Å². The van der Waals surface area contributed by atoms with E-state index in [1.54, 1.807) is 0 Å². The van der Waals surface area contributed by atoms with Gasteiger partial charge in [0.15, 0.2) is 0 Å². The number of nitrogens with one attached hydrogen (secondary N) is 1. The molecule has 0 saturated heterocycles. The number of rotatable bonds is 5. The number of benzene rings is 1. The van der Waals surface area contributed by atoms with E-state index in [-0.39, 0.29) is 17.9 Å². The normalized spacial score (nSPS) is 12.6. The number of aryl methyl sites for hydroxylation is 3. The average Bonchev–Trinajstić information content (AvgIpc) is 2.26. The summed E-state index contributed by atoms with van der Waals surface area (Å²) in [7, 11) is 0. The lowest BCUT2D eigenvalue weighted by Crippen LogP contribution is -2.39. The Morgan fingerprint density at radius 2 is 1.74 bits per heavy atom. The number of carbonyl (C=O) groups is 1. The van der Waals surface area contributed by atoms with Crippen LogP contribution in [0.1, 0.15) is 36.1 Å². The second-order valence-corrected chi connectivity index (χ2v) is 5.68. The molecule has 3 N–H and O–H groups in total. The van der Waals surface area contributed by atoms with E-state index in [0.29, 0.717) is 13.0 Å². The van der Waals surface area contributed by atoms with E-state index in [9.17, 15) is 4.79 Å². The van der Waals surface area contributed by atoms with Gasteiger partial charge in [0.25, 0.3) is 0 Å². The SMILES string of the molecule is Cc1cc(C)c(CC(CN)C(=O)NC(C)C)c(C)c1. The lowest BCUT2D eigenvalue weighted by atomic mass is 9.90. The maximum Gasteiger partial charge on any atom is 0.224 e. The van der Waals surface area contributed by atoms with Crippen molar-refractivity contribution in [3.8, 4) is 0 Å².